The largest absolute Gasteiger partial charge is 0.488 e. The van der Waals surface area contributed by atoms with Crippen LogP contribution < -0.4 is 4.74 Å². The molecule has 0 aliphatic carbocycles. The van der Waals surface area contributed by atoms with Crippen molar-refractivity contribution < 1.29 is 19.2 Å². The highest BCUT2D eigenvalue weighted by atomic mass is 16.5. The Hall–Kier alpha value is -3.59. The lowest BCUT2D eigenvalue weighted by Gasteiger charge is -2.19. The van der Waals surface area contributed by atoms with Crippen LogP contribution in [0.25, 0.3) is 11.3 Å². The van der Waals surface area contributed by atoms with Gasteiger partial charge in [-0.1, -0.05) is 50.2 Å². The number of rotatable bonds is 5. The number of ether oxygens (including phenoxy) is 1. The third-order valence-corrected chi connectivity index (χ3v) is 4.33. The van der Waals surface area contributed by atoms with E-state index in [4.69, 9.17) is 14.4 Å². The molecule has 6 heteroatoms. The van der Waals surface area contributed by atoms with E-state index in [2.05, 4.69) is 44.1 Å². The molecule has 0 saturated heterocycles. The molecule has 0 saturated carbocycles. The monoisotopic (exact) mass is 376 g/mol. The molecule has 1 N–H and O–H groups in total. The number of carbonyl (C=O) groups is 1. The van der Waals surface area contributed by atoms with Crippen molar-refractivity contribution in [2.24, 2.45) is 0 Å². The molecule has 0 spiro atoms. The number of benzene rings is 2. The summed E-state index contributed by atoms with van der Waals surface area (Å²) in [6.45, 7) is 6.82. The summed E-state index contributed by atoms with van der Waals surface area (Å²) in [7, 11) is 0. The van der Waals surface area contributed by atoms with Crippen molar-refractivity contribution in [3.05, 3.63) is 70.9 Å². The summed E-state index contributed by atoms with van der Waals surface area (Å²) >= 11 is 0. The van der Waals surface area contributed by atoms with Gasteiger partial charge in [-0.15, -0.1) is 0 Å². The minimum Gasteiger partial charge on any atom is -0.488 e. The fraction of sp³-hybridized carbons (Fsp3) is 0.227. The topological polar surface area (TPSA) is 96.3 Å². The average Bonchev–Trinajstić information content (AvgIpc) is 3.16. The summed E-state index contributed by atoms with van der Waals surface area (Å²) in [5.41, 5.74) is 3.03. The molecule has 0 amide bonds. The molecule has 0 aliphatic heterocycles. The molecule has 28 heavy (non-hydrogen) atoms. The van der Waals surface area contributed by atoms with Gasteiger partial charge in [0.25, 0.3) is 0 Å². The lowest BCUT2D eigenvalue weighted by Crippen LogP contribution is -2.10. The Morgan fingerprint density at radius 3 is 2.46 bits per heavy atom. The molecule has 3 rings (SSSR count). The Balaban J connectivity index is 1.75. The SMILES string of the molecule is CC(C)(C)c1ccc(COc2ccc(-c3cc(C(=O)O)no3)cc2C#N)cc1. The summed E-state index contributed by atoms with van der Waals surface area (Å²) in [5, 5.41) is 21.9. The highest BCUT2D eigenvalue weighted by Gasteiger charge is 2.15. The number of hydrogen-bond acceptors (Lipinski definition) is 5. The molecule has 1 heterocycles. The molecular weight excluding hydrogens is 356 g/mol. The van der Waals surface area contributed by atoms with Crippen molar-refractivity contribution >= 4 is 5.97 Å². The minimum absolute atomic E-state index is 0.0877. The molecule has 0 aliphatic rings. The van der Waals surface area contributed by atoms with E-state index in [-0.39, 0.29) is 16.9 Å². The normalized spacial score (nSPS) is 11.1. The van der Waals surface area contributed by atoms with Gasteiger partial charge in [-0.25, -0.2) is 4.79 Å². The van der Waals surface area contributed by atoms with E-state index in [1.54, 1.807) is 18.2 Å². The second-order valence-corrected chi connectivity index (χ2v) is 7.44. The Morgan fingerprint density at radius 2 is 1.89 bits per heavy atom. The van der Waals surface area contributed by atoms with Crippen LogP contribution in [-0.2, 0) is 12.0 Å². The molecule has 142 valence electrons. The highest BCUT2D eigenvalue weighted by Crippen LogP contribution is 2.28. The van der Waals surface area contributed by atoms with Crippen LogP contribution in [0.5, 0.6) is 5.75 Å². The third-order valence-electron chi connectivity index (χ3n) is 4.33. The first kappa shape index (κ1) is 19.2. The van der Waals surface area contributed by atoms with Crippen LogP contribution in [0.4, 0.5) is 0 Å². The summed E-state index contributed by atoms with van der Waals surface area (Å²) < 4.78 is 10.8. The molecule has 2 aromatic carbocycles. The van der Waals surface area contributed by atoms with E-state index in [1.807, 2.05) is 12.1 Å². The number of carboxylic acids is 1. The van der Waals surface area contributed by atoms with Crippen LogP contribution in [0.2, 0.25) is 0 Å². The third kappa shape index (κ3) is 4.21. The van der Waals surface area contributed by atoms with E-state index in [1.165, 1.54) is 11.6 Å². The van der Waals surface area contributed by atoms with Crippen molar-refractivity contribution in [1.82, 2.24) is 5.16 Å². The smallest absolute Gasteiger partial charge is 0.358 e. The lowest BCUT2D eigenvalue weighted by molar-refractivity contribution is 0.0686. The molecule has 0 radical (unpaired) electrons. The molecule has 0 bridgehead atoms. The van der Waals surface area contributed by atoms with Crippen molar-refractivity contribution in [3.63, 3.8) is 0 Å². The summed E-state index contributed by atoms with van der Waals surface area (Å²) in [5.74, 6) is -0.449. The maximum atomic E-state index is 10.9. The number of nitriles is 1. The van der Waals surface area contributed by atoms with Gasteiger partial charge in [0.2, 0.25) is 0 Å². The molecule has 0 atom stereocenters. The predicted octanol–water partition coefficient (Wildman–Crippen LogP) is 4.79. The highest BCUT2D eigenvalue weighted by molar-refractivity contribution is 5.86. The van der Waals surface area contributed by atoms with Crippen LogP contribution in [0.15, 0.2) is 53.1 Å². The van der Waals surface area contributed by atoms with Crippen LogP contribution in [-0.4, -0.2) is 16.2 Å². The van der Waals surface area contributed by atoms with Gasteiger partial charge in [-0.3, -0.25) is 0 Å². The molecule has 3 aromatic rings. The average molecular weight is 376 g/mol. The van der Waals surface area contributed by atoms with Crippen molar-refractivity contribution in [2.75, 3.05) is 0 Å². The van der Waals surface area contributed by atoms with Gasteiger partial charge in [-0.05, 0) is 34.7 Å². The molecule has 6 nitrogen and oxygen atoms in total. The van der Waals surface area contributed by atoms with Gasteiger partial charge in [0.05, 0.1) is 5.56 Å². The van der Waals surface area contributed by atoms with Crippen LogP contribution in [0.1, 0.15) is 48.0 Å². The Labute approximate surface area is 163 Å². The zero-order chi connectivity index (χ0) is 20.3. The van der Waals surface area contributed by atoms with E-state index in [0.29, 0.717) is 23.5 Å². The van der Waals surface area contributed by atoms with E-state index < -0.39 is 5.97 Å². The number of aromatic carboxylic acids is 1. The van der Waals surface area contributed by atoms with Gasteiger partial charge in [0.15, 0.2) is 11.5 Å². The second kappa shape index (κ2) is 7.57. The fourth-order valence-corrected chi connectivity index (χ4v) is 2.67. The zero-order valence-corrected chi connectivity index (χ0v) is 15.9. The van der Waals surface area contributed by atoms with Crippen LogP contribution in [0, 0.1) is 11.3 Å². The van der Waals surface area contributed by atoms with E-state index >= 15 is 0 Å². The Morgan fingerprint density at radius 1 is 1.18 bits per heavy atom. The van der Waals surface area contributed by atoms with Crippen molar-refractivity contribution in [1.29, 1.82) is 5.26 Å². The first-order chi connectivity index (χ1) is 13.3. The maximum Gasteiger partial charge on any atom is 0.358 e. The molecular formula is C22H20N2O4. The van der Waals surface area contributed by atoms with Gasteiger partial charge in [-0.2, -0.15) is 5.26 Å². The predicted molar refractivity (Wildman–Crippen MR) is 103 cm³/mol. The first-order valence-electron chi connectivity index (χ1n) is 8.74. The molecule has 0 unspecified atom stereocenters. The van der Waals surface area contributed by atoms with Crippen molar-refractivity contribution in [3.8, 4) is 23.1 Å². The number of carboxylic acid groups (broad SMARTS) is 1. The van der Waals surface area contributed by atoms with Gasteiger partial charge in [0.1, 0.15) is 18.4 Å². The zero-order valence-electron chi connectivity index (χ0n) is 15.9. The fourth-order valence-electron chi connectivity index (χ4n) is 2.67. The Kier molecular flexibility index (Phi) is 5.18. The minimum atomic E-state index is -1.17. The number of hydrogen-bond donors (Lipinski definition) is 1. The number of aromatic nitrogens is 1. The number of nitrogens with zero attached hydrogens (tertiary/aromatic N) is 2. The van der Waals surface area contributed by atoms with Crippen LogP contribution in [0.3, 0.4) is 0 Å². The molecule has 0 fully saturated rings. The standard InChI is InChI=1S/C22H20N2O4/c1-22(2,3)17-7-4-14(5-8-17)13-27-19-9-6-15(10-16(19)12-23)20-11-18(21(25)26)24-28-20/h4-11H,13H2,1-3H3,(H,25,26). The summed E-state index contributed by atoms with van der Waals surface area (Å²) in [6, 6.07) is 16.6. The van der Waals surface area contributed by atoms with E-state index in [9.17, 15) is 10.1 Å². The first-order valence-corrected chi connectivity index (χ1v) is 8.74. The quantitative estimate of drug-likeness (QED) is 0.688. The van der Waals surface area contributed by atoms with Crippen molar-refractivity contribution in [2.45, 2.75) is 32.8 Å². The van der Waals surface area contributed by atoms with Gasteiger partial charge < -0.3 is 14.4 Å². The Bertz CT molecular complexity index is 1040. The van der Waals surface area contributed by atoms with Gasteiger partial charge in [0, 0.05) is 11.6 Å². The lowest BCUT2D eigenvalue weighted by atomic mass is 9.87. The van der Waals surface area contributed by atoms with E-state index in [0.717, 1.165) is 5.56 Å². The van der Waals surface area contributed by atoms with Gasteiger partial charge >= 0.3 is 5.97 Å². The summed E-state index contributed by atoms with van der Waals surface area (Å²) in [6.07, 6.45) is 0. The maximum absolute atomic E-state index is 10.9. The summed E-state index contributed by atoms with van der Waals surface area (Å²) in [4.78, 5) is 10.9. The second-order valence-electron chi connectivity index (χ2n) is 7.44. The van der Waals surface area contributed by atoms with Crippen LogP contribution >= 0.6 is 0 Å². The molecule has 1 aromatic heterocycles.